The Morgan fingerprint density at radius 3 is 2.50 bits per heavy atom. The molecule has 0 unspecified atom stereocenters. The van der Waals surface area contributed by atoms with Gasteiger partial charge in [0.2, 0.25) is 5.82 Å². The number of anilines is 1. The van der Waals surface area contributed by atoms with Gasteiger partial charge in [-0.3, -0.25) is 4.79 Å². The Balaban J connectivity index is 1.79. The van der Waals surface area contributed by atoms with Crippen LogP contribution in [0.15, 0.2) is 66.7 Å². The van der Waals surface area contributed by atoms with Gasteiger partial charge in [-0.15, -0.1) is 5.10 Å². The third-order valence-corrected chi connectivity index (χ3v) is 4.83. The van der Waals surface area contributed by atoms with E-state index in [4.69, 9.17) is 11.6 Å². The molecular weight excluding hydrogens is 403 g/mol. The SMILES string of the molecule is Cc1ccc(-n2nc(C(=O)Nc3cccc(F)c3)nc2-c2ccc(Cl)cc2)c(C)c1. The average Bonchev–Trinajstić information content (AvgIpc) is 3.14. The Kier molecular flexibility index (Phi) is 5.33. The van der Waals surface area contributed by atoms with Crippen molar-refractivity contribution in [2.45, 2.75) is 13.8 Å². The number of aromatic nitrogens is 3. The van der Waals surface area contributed by atoms with E-state index in [-0.39, 0.29) is 5.82 Å². The van der Waals surface area contributed by atoms with Crippen LogP contribution in [0.1, 0.15) is 21.7 Å². The molecule has 0 fully saturated rings. The van der Waals surface area contributed by atoms with Crippen LogP contribution < -0.4 is 5.32 Å². The van der Waals surface area contributed by atoms with Gasteiger partial charge < -0.3 is 5.32 Å². The number of carbonyl (C=O) groups excluding carboxylic acids is 1. The fraction of sp³-hybridized carbons (Fsp3) is 0.0870. The second-order valence-electron chi connectivity index (χ2n) is 6.93. The van der Waals surface area contributed by atoms with Crippen LogP contribution in [0.25, 0.3) is 17.1 Å². The van der Waals surface area contributed by atoms with E-state index in [1.54, 1.807) is 22.9 Å². The average molecular weight is 421 g/mol. The molecular formula is C23H18ClFN4O. The summed E-state index contributed by atoms with van der Waals surface area (Å²) in [4.78, 5) is 17.2. The van der Waals surface area contributed by atoms with Gasteiger partial charge >= 0.3 is 0 Å². The highest BCUT2D eigenvalue weighted by Gasteiger charge is 2.20. The lowest BCUT2D eigenvalue weighted by atomic mass is 10.1. The number of nitrogens with one attached hydrogen (secondary N) is 1. The molecule has 0 aliphatic heterocycles. The number of rotatable bonds is 4. The Bertz CT molecular complexity index is 1230. The van der Waals surface area contributed by atoms with Crippen molar-refractivity contribution in [3.05, 3.63) is 94.5 Å². The molecule has 1 N–H and O–H groups in total. The zero-order valence-electron chi connectivity index (χ0n) is 16.4. The second-order valence-corrected chi connectivity index (χ2v) is 7.37. The highest BCUT2D eigenvalue weighted by Crippen LogP contribution is 2.25. The van der Waals surface area contributed by atoms with Crippen LogP contribution in [-0.4, -0.2) is 20.7 Å². The first-order chi connectivity index (χ1) is 14.4. The molecule has 30 heavy (non-hydrogen) atoms. The minimum absolute atomic E-state index is 0.0239. The van der Waals surface area contributed by atoms with E-state index >= 15 is 0 Å². The zero-order valence-corrected chi connectivity index (χ0v) is 17.1. The van der Waals surface area contributed by atoms with Crippen LogP contribution in [-0.2, 0) is 0 Å². The van der Waals surface area contributed by atoms with E-state index < -0.39 is 11.7 Å². The number of nitrogens with zero attached hydrogens (tertiary/aromatic N) is 3. The number of hydrogen-bond acceptors (Lipinski definition) is 3. The molecule has 0 atom stereocenters. The molecule has 7 heteroatoms. The normalized spacial score (nSPS) is 10.8. The summed E-state index contributed by atoms with van der Waals surface area (Å²) in [6.07, 6.45) is 0. The maximum Gasteiger partial charge on any atom is 0.295 e. The number of hydrogen-bond donors (Lipinski definition) is 1. The van der Waals surface area contributed by atoms with Gasteiger partial charge in [-0.25, -0.2) is 14.1 Å². The molecule has 0 aliphatic carbocycles. The largest absolute Gasteiger partial charge is 0.319 e. The summed E-state index contributed by atoms with van der Waals surface area (Å²) in [5.74, 6) is -0.491. The summed E-state index contributed by atoms with van der Waals surface area (Å²) in [6, 6.07) is 18.8. The van der Waals surface area contributed by atoms with Gasteiger partial charge in [0.25, 0.3) is 5.91 Å². The topological polar surface area (TPSA) is 59.8 Å². The third kappa shape index (κ3) is 4.09. The van der Waals surface area contributed by atoms with Gasteiger partial charge in [0.05, 0.1) is 5.69 Å². The van der Waals surface area contributed by atoms with Crippen molar-refractivity contribution in [1.82, 2.24) is 14.8 Å². The van der Waals surface area contributed by atoms with Crippen molar-refractivity contribution in [1.29, 1.82) is 0 Å². The Morgan fingerprint density at radius 2 is 1.80 bits per heavy atom. The standard InChI is InChI=1S/C23H18ClFN4O/c1-14-6-11-20(15(2)12-14)29-22(16-7-9-17(24)10-8-16)27-21(28-29)23(30)26-19-5-3-4-18(25)13-19/h3-13H,1-2H3,(H,26,30). The van der Waals surface area contributed by atoms with Gasteiger partial charge in [-0.05, 0) is 67.9 Å². The maximum atomic E-state index is 13.4. The number of halogens is 2. The van der Waals surface area contributed by atoms with Gasteiger partial charge in [-0.1, -0.05) is 35.4 Å². The molecule has 1 heterocycles. The van der Waals surface area contributed by atoms with Gasteiger partial charge in [0.1, 0.15) is 5.82 Å². The van der Waals surface area contributed by atoms with E-state index in [1.165, 1.54) is 18.2 Å². The molecule has 4 aromatic rings. The van der Waals surface area contributed by atoms with Crippen molar-refractivity contribution in [2.24, 2.45) is 0 Å². The summed E-state index contributed by atoms with van der Waals surface area (Å²) < 4.78 is 15.1. The van der Waals surface area contributed by atoms with Gasteiger partial charge in [0.15, 0.2) is 5.82 Å². The molecule has 3 aromatic carbocycles. The molecule has 1 aromatic heterocycles. The quantitative estimate of drug-likeness (QED) is 0.467. The molecule has 0 aliphatic rings. The lowest BCUT2D eigenvalue weighted by Crippen LogP contribution is -2.14. The minimum Gasteiger partial charge on any atom is -0.319 e. The molecule has 4 rings (SSSR count). The molecule has 0 radical (unpaired) electrons. The number of amides is 1. The van der Waals surface area contributed by atoms with Crippen molar-refractivity contribution >= 4 is 23.2 Å². The van der Waals surface area contributed by atoms with Crippen LogP contribution >= 0.6 is 11.6 Å². The first kappa shape index (κ1) is 19.8. The number of benzene rings is 3. The molecule has 150 valence electrons. The van der Waals surface area contributed by atoms with Crippen LogP contribution in [0.2, 0.25) is 5.02 Å². The Morgan fingerprint density at radius 1 is 1.03 bits per heavy atom. The number of carbonyl (C=O) groups is 1. The highest BCUT2D eigenvalue weighted by molar-refractivity contribution is 6.30. The van der Waals surface area contributed by atoms with Crippen LogP contribution in [0, 0.1) is 19.7 Å². The van der Waals surface area contributed by atoms with Crippen LogP contribution in [0.4, 0.5) is 10.1 Å². The summed E-state index contributed by atoms with van der Waals surface area (Å²) >= 11 is 6.02. The van der Waals surface area contributed by atoms with E-state index in [1.807, 2.05) is 44.2 Å². The third-order valence-electron chi connectivity index (χ3n) is 4.58. The lowest BCUT2D eigenvalue weighted by molar-refractivity contribution is 0.101. The van der Waals surface area contributed by atoms with Crippen molar-refractivity contribution in [2.75, 3.05) is 5.32 Å². The Hall–Kier alpha value is -3.51. The van der Waals surface area contributed by atoms with Gasteiger partial charge in [-0.2, -0.15) is 0 Å². The smallest absolute Gasteiger partial charge is 0.295 e. The zero-order chi connectivity index (χ0) is 21.3. The summed E-state index contributed by atoms with van der Waals surface area (Å²) in [5.41, 5.74) is 4.01. The summed E-state index contributed by atoms with van der Waals surface area (Å²) in [5, 5.41) is 7.69. The summed E-state index contributed by atoms with van der Waals surface area (Å²) in [6.45, 7) is 3.98. The predicted molar refractivity (Wildman–Crippen MR) is 116 cm³/mol. The van der Waals surface area contributed by atoms with Crippen molar-refractivity contribution in [3.8, 4) is 17.1 Å². The molecule has 5 nitrogen and oxygen atoms in total. The van der Waals surface area contributed by atoms with Crippen molar-refractivity contribution < 1.29 is 9.18 Å². The lowest BCUT2D eigenvalue weighted by Gasteiger charge is -2.10. The van der Waals surface area contributed by atoms with Crippen LogP contribution in [0.5, 0.6) is 0 Å². The maximum absolute atomic E-state index is 13.4. The van der Waals surface area contributed by atoms with Gasteiger partial charge in [0, 0.05) is 16.3 Å². The predicted octanol–water partition coefficient (Wildman–Crippen LogP) is 5.60. The molecule has 0 bridgehead atoms. The Labute approximate surface area is 178 Å². The first-order valence-electron chi connectivity index (χ1n) is 9.28. The van der Waals surface area contributed by atoms with E-state index in [2.05, 4.69) is 15.4 Å². The minimum atomic E-state index is -0.528. The highest BCUT2D eigenvalue weighted by atomic mass is 35.5. The molecule has 0 spiro atoms. The van der Waals surface area contributed by atoms with Crippen molar-refractivity contribution in [3.63, 3.8) is 0 Å². The molecule has 0 saturated carbocycles. The molecule has 1 amide bonds. The van der Waals surface area contributed by atoms with E-state index in [9.17, 15) is 9.18 Å². The number of aryl methyl sites for hydroxylation is 2. The van der Waals surface area contributed by atoms with E-state index in [0.717, 1.165) is 22.4 Å². The van der Waals surface area contributed by atoms with E-state index in [0.29, 0.717) is 16.5 Å². The fourth-order valence-electron chi connectivity index (χ4n) is 3.16. The first-order valence-corrected chi connectivity index (χ1v) is 9.66. The fourth-order valence-corrected chi connectivity index (χ4v) is 3.28. The second kappa shape index (κ2) is 8.08. The summed E-state index contributed by atoms with van der Waals surface area (Å²) in [7, 11) is 0. The molecule has 0 saturated heterocycles. The monoisotopic (exact) mass is 420 g/mol. The van der Waals surface area contributed by atoms with Crippen LogP contribution in [0.3, 0.4) is 0 Å².